The van der Waals surface area contributed by atoms with Crippen molar-refractivity contribution in [2.45, 2.75) is 25.7 Å². The van der Waals surface area contributed by atoms with E-state index in [-0.39, 0.29) is 4.90 Å². The van der Waals surface area contributed by atoms with Crippen LogP contribution in [0.1, 0.15) is 22.3 Å². The van der Waals surface area contributed by atoms with Gasteiger partial charge < -0.3 is 15.1 Å². The van der Waals surface area contributed by atoms with Gasteiger partial charge in [-0.3, -0.25) is 4.55 Å². The van der Waals surface area contributed by atoms with Crippen molar-refractivity contribution in [2.75, 3.05) is 5.32 Å². The summed E-state index contributed by atoms with van der Waals surface area (Å²) >= 11 is 0. The molecule has 1 aliphatic heterocycles. The second-order valence-corrected chi connectivity index (χ2v) is 11.9. The van der Waals surface area contributed by atoms with Crippen LogP contribution in [0, 0.1) is 26.2 Å². The molecule has 1 aliphatic carbocycles. The molecule has 6 rings (SSSR count). The van der Waals surface area contributed by atoms with Crippen LogP contribution in [0.15, 0.2) is 111 Å². The molecule has 0 fully saturated rings. The van der Waals surface area contributed by atoms with Crippen molar-refractivity contribution < 1.29 is 17.4 Å². The highest BCUT2D eigenvalue weighted by Gasteiger charge is 2.23. The van der Waals surface area contributed by atoms with Crippen molar-refractivity contribution in [3.05, 3.63) is 125 Å². The second kappa shape index (κ2) is 11.0. The molecule has 214 valence electrons. The van der Waals surface area contributed by atoms with Gasteiger partial charge in [-0.05, 0) is 67.8 Å². The number of anilines is 2. The van der Waals surface area contributed by atoms with Crippen LogP contribution in [0.3, 0.4) is 0 Å². The molecule has 0 amide bonds. The van der Waals surface area contributed by atoms with Gasteiger partial charge in [-0.2, -0.15) is 8.42 Å². The molecule has 43 heavy (non-hydrogen) atoms. The minimum Gasteiger partial charge on any atom is -0.456 e. The van der Waals surface area contributed by atoms with E-state index in [0.717, 1.165) is 39.3 Å². The Morgan fingerprint density at radius 2 is 1.53 bits per heavy atom. The quantitative estimate of drug-likeness (QED) is 0.103. The van der Waals surface area contributed by atoms with E-state index in [2.05, 4.69) is 5.32 Å². The van der Waals surface area contributed by atoms with Gasteiger partial charge in [0.15, 0.2) is 0 Å². The van der Waals surface area contributed by atoms with Gasteiger partial charge in [-0.15, -0.1) is 0 Å². The van der Waals surface area contributed by atoms with Crippen LogP contribution >= 0.6 is 0 Å². The Morgan fingerprint density at radius 3 is 2.28 bits per heavy atom. The van der Waals surface area contributed by atoms with Gasteiger partial charge >= 0.3 is 0 Å². The fourth-order valence-electron chi connectivity index (χ4n) is 5.45. The largest absolute Gasteiger partial charge is 0.456 e. The topological polar surface area (TPSA) is 116 Å². The van der Waals surface area contributed by atoms with Crippen LogP contribution in [0.5, 0.6) is 0 Å². The number of nitrogens with one attached hydrogen (secondary N) is 2. The third-order valence-corrected chi connectivity index (χ3v) is 8.46. The maximum absolute atomic E-state index is 12.5. The molecule has 0 atom stereocenters. The molecule has 0 aromatic heterocycles. The smallest absolute Gasteiger partial charge is 0.295 e. The van der Waals surface area contributed by atoms with E-state index >= 15 is 0 Å². The Kier molecular flexibility index (Phi) is 7.17. The van der Waals surface area contributed by atoms with Crippen LogP contribution in [-0.2, 0) is 10.1 Å². The molecule has 0 saturated carbocycles. The van der Waals surface area contributed by atoms with Crippen molar-refractivity contribution >= 4 is 44.4 Å². The van der Waals surface area contributed by atoms with Crippen molar-refractivity contribution in [2.24, 2.45) is 4.99 Å². The molecule has 2 aliphatic rings. The summed E-state index contributed by atoms with van der Waals surface area (Å²) in [5, 5.41) is 12.6. The van der Waals surface area contributed by atoms with E-state index in [9.17, 15) is 13.0 Å². The number of aryl methyl sites for hydroxylation is 3. The minimum atomic E-state index is -4.52. The predicted molar refractivity (Wildman–Crippen MR) is 172 cm³/mol. The molecule has 4 aromatic carbocycles. The molecule has 8 heteroatoms. The number of rotatable bonds is 6. The Labute approximate surface area is 249 Å². The van der Waals surface area contributed by atoms with E-state index < -0.39 is 10.1 Å². The van der Waals surface area contributed by atoms with E-state index in [1.807, 2.05) is 93.6 Å². The molecule has 0 spiro atoms. The van der Waals surface area contributed by atoms with E-state index in [1.54, 1.807) is 18.2 Å². The van der Waals surface area contributed by atoms with Gasteiger partial charge in [0.1, 0.15) is 16.2 Å². The van der Waals surface area contributed by atoms with E-state index in [1.165, 1.54) is 12.3 Å². The molecule has 1 heterocycles. The molecule has 0 radical (unpaired) electrons. The van der Waals surface area contributed by atoms with Gasteiger partial charge in [-0.1, -0.05) is 54.6 Å². The Balaban J connectivity index is 1.63. The lowest BCUT2D eigenvalue weighted by Crippen LogP contribution is -2.05. The monoisotopic (exact) mass is 587 g/mol. The maximum atomic E-state index is 12.5. The van der Waals surface area contributed by atoms with Gasteiger partial charge in [0.25, 0.3) is 10.1 Å². The first-order valence-electron chi connectivity index (χ1n) is 13.7. The zero-order valence-electron chi connectivity index (χ0n) is 23.8. The summed E-state index contributed by atoms with van der Waals surface area (Å²) in [6, 6.07) is 29.4. The standard InChI is InChI=1S/C35H29N3O4S/c1-21-8-6-9-22(2)34(21)37-25-14-16-27-30(18-25)42-31-19-26(38-35-23(3)10-7-11-24(35)20-36)15-17-28(31)33(27)29-12-4-5-13-32(29)43(39,40)41/h4-20,36,38H,1-3H3,(H,39,40,41). The third kappa shape index (κ3) is 5.34. The van der Waals surface area contributed by atoms with Crippen molar-refractivity contribution in [3.8, 4) is 22.5 Å². The van der Waals surface area contributed by atoms with Gasteiger partial charge in [0.2, 0.25) is 0 Å². The summed E-state index contributed by atoms with van der Waals surface area (Å²) in [7, 11) is -4.52. The zero-order chi connectivity index (χ0) is 30.3. The first kappa shape index (κ1) is 28.1. The fraction of sp³-hybridized carbons (Fsp3) is 0.0857. The lowest BCUT2D eigenvalue weighted by atomic mass is 9.93. The van der Waals surface area contributed by atoms with Gasteiger partial charge in [0, 0.05) is 51.7 Å². The number of para-hydroxylation sites is 2. The first-order chi connectivity index (χ1) is 20.6. The Hall–Kier alpha value is -5.05. The van der Waals surface area contributed by atoms with Gasteiger partial charge in [-0.25, -0.2) is 4.99 Å². The highest BCUT2D eigenvalue weighted by Crippen LogP contribution is 2.43. The number of hydrogen-bond donors (Lipinski definition) is 3. The molecule has 0 unspecified atom stereocenters. The third-order valence-electron chi connectivity index (χ3n) is 7.55. The molecule has 0 bridgehead atoms. The van der Waals surface area contributed by atoms with Crippen LogP contribution in [0.2, 0.25) is 0 Å². The summed E-state index contributed by atoms with van der Waals surface area (Å²) < 4.78 is 41.5. The number of hydrogen-bond acceptors (Lipinski definition) is 6. The minimum absolute atomic E-state index is 0.189. The van der Waals surface area contributed by atoms with Crippen LogP contribution in [-0.4, -0.2) is 19.2 Å². The highest BCUT2D eigenvalue weighted by molar-refractivity contribution is 7.86. The molecule has 3 N–H and O–H groups in total. The average Bonchev–Trinajstić information content (AvgIpc) is 2.98. The van der Waals surface area contributed by atoms with Crippen LogP contribution in [0.25, 0.3) is 33.4 Å². The summed E-state index contributed by atoms with van der Waals surface area (Å²) in [4.78, 5) is 4.71. The van der Waals surface area contributed by atoms with Gasteiger partial charge in [0.05, 0.1) is 16.7 Å². The summed E-state index contributed by atoms with van der Waals surface area (Å²) in [5.74, 6) is 0.508. The number of benzene rings is 5. The van der Waals surface area contributed by atoms with Crippen molar-refractivity contribution in [3.63, 3.8) is 0 Å². The summed E-state index contributed by atoms with van der Waals surface area (Å²) in [5.41, 5.74) is 8.42. The highest BCUT2D eigenvalue weighted by atomic mass is 32.2. The SMILES string of the molecule is Cc1cccc(C)c1N=c1ccc2c(-c3ccccc3S(=O)(=O)O)c3ccc(Nc4c(C)cccc4C=N)cc3oc-2c1. The van der Waals surface area contributed by atoms with Crippen LogP contribution in [0.4, 0.5) is 17.1 Å². The number of nitrogens with zero attached hydrogens (tertiary/aromatic N) is 1. The fourth-order valence-corrected chi connectivity index (χ4v) is 6.15. The van der Waals surface area contributed by atoms with E-state index in [4.69, 9.17) is 14.8 Å². The van der Waals surface area contributed by atoms with Crippen molar-refractivity contribution in [1.29, 1.82) is 5.41 Å². The van der Waals surface area contributed by atoms with E-state index in [0.29, 0.717) is 38.8 Å². The molecular formula is C35H29N3O4S. The predicted octanol–water partition coefficient (Wildman–Crippen LogP) is 8.35. The average molecular weight is 588 g/mol. The maximum Gasteiger partial charge on any atom is 0.295 e. The lowest BCUT2D eigenvalue weighted by Gasteiger charge is -2.18. The second-order valence-electron chi connectivity index (χ2n) is 10.5. The summed E-state index contributed by atoms with van der Waals surface area (Å²) in [6.07, 6.45) is 1.31. The van der Waals surface area contributed by atoms with Crippen molar-refractivity contribution in [1.82, 2.24) is 0 Å². The zero-order valence-corrected chi connectivity index (χ0v) is 24.7. The summed E-state index contributed by atoms with van der Waals surface area (Å²) in [6.45, 7) is 6.00. The lowest BCUT2D eigenvalue weighted by molar-refractivity contribution is 0.483. The Bertz CT molecular complexity index is 2180. The molecule has 7 nitrogen and oxygen atoms in total. The molecule has 0 saturated heterocycles. The van der Waals surface area contributed by atoms with Crippen LogP contribution < -0.4 is 10.7 Å². The Morgan fingerprint density at radius 1 is 0.814 bits per heavy atom. The molecule has 4 aromatic rings. The first-order valence-corrected chi connectivity index (χ1v) is 15.1. The molecular weight excluding hydrogens is 558 g/mol. The normalized spacial score (nSPS) is 12.1. The number of fused-ring (bicyclic) bond motifs is 2.